The molecule has 5 nitrogen and oxygen atoms in total. The molecule has 1 amide bonds. The summed E-state index contributed by atoms with van der Waals surface area (Å²) in [6.45, 7) is 2.95. The van der Waals surface area contributed by atoms with Gasteiger partial charge >= 0.3 is 5.97 Å². The molecule has 1 unspecified atom stereocenters. The summed E-state index contributed by atoms with van der Waals surface area (Å²) in [5.74, 6) is -0.467. The van der Waals surface area contributed by atoms with Crippen LogP contribution in [-0.4, -0.2) is 50.9 Å². The van der Waals surface area contributed by atoms with Crippen molar-refractivity contribution in [2.24, 2.45) is 0 Å². The van der Waals surface area contributed by atoms with Crippen molar-refractivity contribution in [3.8, 4) is 0 Å². The molecule has 2 heterocycles. The van der Waals surface area contributed by atoms with E-state index >= 15 is 0 Å². The minimum absolute atomic E-state index is 0.0713. The third-order valence-electron chi connectivity index (χ3n) is 3.56. The average molecular weight is 363 g/mol. The molecule has 0 aliphatic carbocycles. The van der Waals surface area contributed by atoms with Crippen LogP contribution in [0.3, 0.4) is 0 Å². The maximum Gasteiger partial charge on any atom is 0.352 e. The minimum atomic E-state index is -1.01. The predicted molar refractivity (Wildman–Crippen MR) is 82.9 cm³/mol. The lowest BCUT2D eigenvalue weighted by atomic mass is 10.0. The summed E-state index contributed by atoms with van der Waals surface area (Å²) in [5, 5.41) is 13.0. The number of β-lactam (4-membered cyclic amide) rings is 1. The van der Waals surface area contributed by atoms with E-state index in [1.54, 1.807) is 11.8 Å². The first-order valence-corrected chi connectivity index (χ1v) is 8.98. The summed E-state index contributed by atoms with van der Waals surface area (Å²) in [6, 6.07) is -0.233. The van der Waals surface area contributed by atoms with Gasteiger partial charge in [0, 0.05) is 11.1 Å². The van der Waals surface area contributed by atoms with Crippen LogP contribution in [0.25, 0.3) is 0 Å². The van der Waals surface area contributed by atoms with E-state index in [1.807, 2.05) is 0 Å². The first-order chi connectivity index (χ1) is 9.61. The molecular formula is C13H19BrN2O3S. The highest BCUT2D eigenvalue weighted by Crippen LogP contribution is 2.40. The number of thioether (sulfide) groups is 1. The van der Waals surface area contributed by atoms with Gasteiger partial charge in [-0.2, -0.15) is 0 Å². The van der Waals surface area contributed by atoms with E-state index in [-0.39, 0.29) is 23.0 Å². The topological polar surface area (TPSA) is 69.6 Å². The Labute approximate surface area is 131 Å². The third kappa shape index (κ3) is 2.89. The number of carbonyl (C=O) groups is 2. The summed E-state index contributed by atoms with van der Waals surface area (Å²) in [5.41, 5.74) is 0.943. The minimum Gasteiger partial charge on any atom is -0.477 e. The molecule has 2 N–H and O–H groups in total. The van der Waals surface area contributed by atoms with Crippen molar-refractivity contribution in [2.75, 3.05) is 17.6 Å². The van der Waals surface area contributed by atoms with Gasteiger partial charge in [0.15, 0.2) is 0 Å². The molecule has 2 aliphatic heterocycles. The van der Waals surface area contributed by atoms with E-state index in [0.717, 1.165) is 31.4 Å². The largest absolute Gasteiger partial charge is 0.477 e. The summed E-state index contributed by atoms with van der Waals surface area (Å²) < 4.78 is 0. The molecule has 0 bridgehead atoms. The lowest BCUT2D eigenvalue weighted by molar-refractivity contribution is -0.149. The molecule has 0 aromatic heterocycles. The Morgan fingerprint density at radius 1 is 1.55 bits per heavy atom. The average Bonchev–Trinajstić information content (AvgIpc) is 2.45. The van der Waals surface area contributed by atoms with Crippen LogP contribution in [0.15, 0.2) is 11.3 Å². The van der Waals surface area contributed by atoms with Gasteiger partial charge < -0.3 is 10.4 Å². The molecule has 2 atom stereocenters. The first kappa shape index (κ1) is 15.9. The van der Waals surface area contributed by atoms with Crippen LogP contribution in [-0.2, 0) is 9.59 Å². The number of carbonyl (C=O) groups excluding carboxylic acids is 1. The fraction of sp³-hybridized carbons (Fsp3) is 0.692. The van der Waals surface area contributed by atoms with Crippen LogP contribution in [0.5, 0.6) is 0 Å². The SMILES string of the molecule is CCCCCNC1C(=O)N2C(C(=O)O)=C(CBr)CS[C@H]12. The van der Waals surface area contributed by atoms with Crippen LogP contribution >= 0.6 is 27.7 Å². The highest BCUT2D eigenvalue weighted by molar-refractivity contribution is 9.09. The van der Waals surface area contributed by atoms with Crippen molar-refractivity contribution in [3.05, 3.63) is 11.3 Å². The molecule has 2 rings (SSSR count). The van der Waals surface area contributed by atoms with Crippen LogP contribution in [0, 0.1) is 0 Å². The number of fused-ring (bicyclic) bond motifs is 1. The highest BCUT2D eigenvalue weighted by atomic mass is 79.9. The number of halogens is 1. The van der Waals surface area contributed by atoms with Crippen molar-refractivity contribution in [1.82, 2.24) is 10.2 Å². The number of alkyl halides is 1. The number of carboxylic acids is 1. The Kier molecular flexibility index (Phi) is 5.51. The number of hydrogen-bond acceptors (Lipinski definition) is 4. The molecule has 0 aromatic carbocycles. The van der Waals surface area contributed by atoms with Gasteiger partial charge in [0.1, 0.15) is 17.1 Å². The normalized spacial score (nSPS) is 25.5. The Bertz CT molecular complexity index is 441. The number of nitrogens with one attached hydrogen (secondary N) is 1. The first-order valence-electron chi connectivity index (χ1n) is 6.81. The Morgan fingerprint density at radius 3 is 2.90 bits per heavy atom. The second kappa shape index (κ2) is 6.95. The van der Waals surface area contributed by atoms with Crippen LogP contribution < -0.4 is 5.32 Å². The van der Waals surface area contributed by atoms with Gasteiger partial charge in [0.2, 0.25) is 5.91 Å². The quantitative estimate of drug-likeness (QED) is 0.410. The second-order valence-corrected chi connectivity index (χ2v) is 6.61. The van der Waals surface area contributed by atoms with E-state index in [0.29, 0.717) is 11.1 Å². The summed E-state index contributed by atoms with van der Waals surface area (Å²) in [6.07, 6.45) is 3.33. The fourth-order valence-electron chi connectivity index (χ4n) is 2.47. The van der Waals surface area contributed by atoms with Crippen molar-refractivity contribution >= 4 is 39.6 Å². The van der Waals surface area contributed by atoms with Gasteiger partial charge in [-0.3, -0.25) is 9.69 Å². The zero-order valence-electron chi connectivity index (χ0n) is 11.4. The number of nitrogens with zero attached hydrogens (tertiary/aromatic N) is 1. The molecule has 0 saturated carbocycles. The van der Waals surface area contributed by atoms with Crippen molar-refractivity contribution in [1.29, 1.82) is 0 Å². The number of amides is 1. The van der Waals surface area contributed by atoms with E-state index in [1.165, 1.54) is 4.90 Å². The predicted octanol–water partition coefficient (Wildman–Crippen LogP) is 1.78. The molecule has 0 spiro atoms. The monoisotopic (exact) mass is 362 g/mol. The van der Waals surface area contributed by atoms with Crippen LogP contribution in [0.4, 0.5) is 0 Å². The lowest BCUT2D eigenvalue weighted by Gasteiger charge is -2.49. The van der Waals surface area contributed by atoms with Gasteiger partial charge in [-0.15, -0.1) is 11.8 Å². The number of hydrogen-bond donors (Lipinski definition) is 2. The number of carboxylic acid groups (broad SMARTS) is 1. The van der Waals surface area contributed by atoms with E-state index in [2.05, 4.69) is 28.2 Å². The Hall–Kier alpha value is -0.530. The molecule has 0 aromatic rings. The van der Waals surface area contributed by atoms with Crippen molar-refractivity contribution < 1.29 is 14.7 Å². The molecule has 20 heavy (non-hydrogen) atoms. The highest BCUT2D eigenvalue weighted by Gasteiger charge is 2.52. The maximum absolute atomic E-state index is 12.2. The van der Waals surface area contributed by atoms with Gasteiger partial charge in [-0.1, -0.05) is 35.7 Å². The number of rotatable bonds is 7. The zero-order chi connectivity index (χ0) is 14.7. The maximum atomic E-state index is 12.2. The third-order valence-corrected chi connectivity index (χ3v) is 5.57. The summed E-state index contributed by atoms with van der Waals surface area (Å²) in [7, 11) is 0. The number of aliphatic carboxylic acids is 1. The molecular weight excluding hydrogens is 344 g/mol. The van der Waals surface area contributed by atoms with Crippen molar-refractivity contribution in [3.63, 3.8) is 0 Å². The number of unbranched alkanes of at least 4 members (excludes halogenated alkanes) is 2. The summed E-state index contributed by atoms with van der Waals surface area (Å²) >= 11 is 4.93. The van der Waals surface area contributed by atoms with Gasteiger partial charge in [-0.25, -0.2) is 4.79 Å². The van der Waals surface area contributed by atoms with E-state index < -0.39 is 5.97 Å². The van der Waals surface area contributed by atoms with Crippen LogP contribution in [0.1, 0.15) is 26.2 Å². The van der Waals surface area contributed by atoms with Crippen molar-refractivity contribution in [2.45, 2.75) is 37.6 Å². The lowest BCUT2D eigenvalue weighted by Crippen LogP contribution is -2.69. The Morgan fingerprint density at radius 2 is 2.30 bits per heavy atom. The van der Waals surface area contributed by atoms with Gasteiger partial charge in [0.25, 0.3) is 0 Å². The van der Waals surface area contributed by atoms with Gasteiger partial charge in [0.05, 0.1) is 0 Å². The smallest absolute Gasteiger partial charge is 0.352 e. The van der Waals surface area contributed by atoms with E-state index in [4.69, 9.17) is 0 Å². The molecule has 7 heteroatoms. The summed E-state index contributed by atoms with van der Waals surface area (Å²) in [4.78, 5) is 25.0. The fourth-order valence-corrected chi connectivity index (χ4v) is 4.57. The van der Waals surface area contributed by atoms with E-state index in [9.17, 15) is 14.7 Å². The second-order valence-electron chi connectivity index (χ2n) is 4.94. The Balaban J connectivity index is 2.01. The standard InChI is InChI=1S/C13H19BrN2O3S/c1-2-3-4-5-15-9-11(17)16-10(13(18)19)8(6-14)7-20-12(9)16/h9,12,15H,2-7H2,1H3,(H,18,19)/t9?,12-/m1/s1. The van der Waals surface area contributed by atoms with Gasteiger partial charge in [-0.05, 0) is 18.5 Å². The molecule has 1 saturated heterocycles. The van der Waals surface area contributed by atoms with Crippen LogP contribution in [0.2, 0.25) is 0 Å². The molecule has 1 fully saturated rings. The molecule has 0 radical (unpaired) electrons. The molecule has 2 aliphatic rings. The molecule has 112 valence electrons. The zero-order valence-corrected chi connectivity index (χ0v) is 13.8.